The number of amides is 1. The maximum Gasteiger partial charge on any atom is 0.227 e. The molecule has 21 heavy (non-hydrogen) atoms. The van der Waals surface area contributed by atoms with Crippen LogP contribution in [-0.4, -0.2) is 38.3 Å². The van der Waals surface area contributed by atoms with Crippen molar-refractivity contribution >= 4 is 15.9 Å². The van der Waals surface area contributed by atoms with Crippen LogP contribution in [0.25, 0.3) is 0 Å². The van der Waals surface area contributed by atoms with Crippen LogP contribution in [-0.2, 0) is 20.6 Å². The normalized spacial score (nSPS) is 30.0. The Balaban J connectivity index is 1.80. The highest BCUT2D eigenvalue weighted by Crippen LogP contribution is 2.42. The number of nitrogens with zero attached hydrogens (tertiary/aromatic N) is 1. The van der Waals surface area contributed by atoms with E-state index in [0.29, 0.717) is 19.6 Å². The van der Waals surface area contributed by atoms with Crippen LogP contribution < -0.4 is 5.32 Å². The minimum absolute atomic E-state index is 0.00173. The summed E-state index contributed by atoms with van der Waals surface area (Å²) in [5.41, 5.74) is 0.256. The number of carbonyl (C=O) groups is 1. The molecule has 0 aliphatic carbocycles. The Morgan fingerprint density at radius 3 is 2.67 bits per heavy atom. The Hall–Kier alpha value is -1.40. The Morgan fingerprint density at radius 2 is 2.05 bits per heavy atom. The topological polar surface area (TPSA) is 66.5 Å². The Bertz CT molecular complexity index is 644. The summed E-state index contributed by atoms with van der Waals surface area (Å²) >= 11 is 0. The van der Waals surface area contributed by atoms with Gasteiger partial charge in [0.15, 0.2) is 0 Å². The molecule has 2 atom stereocenters. The lowest BCUT2D eigenvalue weighted by Crippen LogP contribution is -2.38. The number of hydrogen-bond donors (Lipinski definition) is 1. The van der Waals surface area contributed by atoms with E-state index in [1.807, 2.05) is 37.3 Å². The molecule has 1 aromatic rings. The monoisotopic (exact) mass is 308 g/mol. The molecular formula is C15H20N2O3S. The van der Waals surface area contributed by atoms with Crippen molar-refractivity contribution in [1.82, 2.24) is 9.62 Å². The molecule has 5 nitrogen and oxygen atoms in total. The average molecular weight is 308 g/mol. The SMILES string of the molecule is C[C@@H]1CN(S(=O)(=O)Cc2ccccc2)C[C@]12CCNC2=O. The Kier molecular flexibility index (Phi) is 3.53. The van der Waals surface area contributed by atoms with Crippen molar-refractivity contribution < 1.29 is 13.2 Å². The summed E-state index contributed by atoms with van der Waals surface area (Å²) in [4.78, 5) is 12.1. The summed E-state index contributed by atoms with van der Waals surface area (Å²) in [6.07, 6.45) is 0.727. The molecule has 114 valence electrons. The minimum Gasteiger partial charge on any atom is -0.356 e. The van der Waals surface area contributed by atoms with Crippen molar-refractivity contribution in [1.29, 1.82) is 0 Å². The third kappa shape index (κ3) is 2.46. The molecule has 0 saturated carbocycles. The fourth-order valence-electron chi connectivity index (χ4n) is 3.41. The minimum atomic E-state index is -3.38. The molecule has 2 aliphatic heterocycles. The van der Waals surface area contributed by atoms with E-state index in [2.05, 4.69) is 5.32 Å². The van der Waals surface area contributed by atoms with Crippen LogP contribution in [0.4, 0.5) is 0 Å². The summed E-state index contributed by atoms with van der Waals surface area (Å²) < 4.78 is 26.7. The second-order valence-corrected chi connectivity index (χ2v) is 8.07. The zero-order chi connectivity index (χ0) is 15.1. The summed E-state index contributed by atoms with van der Waals surface area (Å²) in [6.45, 7) is 3.37. The number of benzene rings is 1. The zero-order valence-electron chi connectivity index (χ0n) is 12.1. The van der Waals surface area contributed by atoms with Crippen LogP contribution in [0.2, 0.25) is 0 Å². The van der Waals surface area contributed by atoms with E-state index in [4.69, 9.17) is 0 Å². The third-order valence-electron chi connectivity index (χ3n) is 4.77. The van der Waals surface area contributed by atoms with E-state index in [0.717, 1.165) is 12.0 Å². The number of rotatable bonds is 3. The molecule has 2 saturated heterocycles. The van der Waals surface area contributed by atoms with Crippen LogP contribution in [0.15, 0.2) is 30.3 Å². The maximum atomic E-state index is 12.6. The average Bonchev–Trinajstić information content (AvgIpc) is 2.97. The molecule has 3 rings (SSSR count). The molecule has 1 aromatic carbocycles. The molecule has 0 radical (unpaired) electrons. The van der Waals surface area contributed by atoms with Gasteiger partial charge in [0.1, 0.15) is 0 Å². The van der Waals surface area contributed by atoms with Crippen molar-refractivity contribution in [2.75, 3.05) is 19.6 Å². The smallest absolute Gasteiger partial charge is 0.227 e. The van der Waals surface area contributed by atoms with Gasteiger partial charge in [-0.05, 0) is 17.9 Å². The predicted molar refractivity (Wildman–Crippen MR) is 79.9 cm³/mol. The van der Waals surface area contributed by atoms with Gasteiger partial charge in [-0.25, -0.2) is 12.7 Å². The first-order chi connectivity index (χ1) is 9.94. The van der Waals surface area contributed by atoms with Crippen molar-refractivity contribution in [3.63, 3.8) is 0 Å². The van der Waals surface area contributed by atoms with E-state index >= 15 is 0 Å². The second-order valence-electron chi connectivity index (χ2n) is 6.10. The molecule has 6 heteroatoms. The fraction of sp³-hybridized carbons (Fsp3) is 0.533. The Morgan fingerprint density at radius 1 is 1.33 bits per heavy atom. The fourth-order valence-corrected chi connectivity index (χ4v) is 5.09. The Labute approximate surface area is 125 Å². The summed E-state index contributed by atoms with van der Waals surface area (Å²) in [7, 11) is -3.38. The van der Waals surface area contributed by atoms with Crippen molar-refractivity contribution in [2.24, 2.45) is 11.3 Å². The molecular weight excluding hydrogens is 288 g/mol. The number of carbonyl (C=O) groups excluding carboxylic acids is 1. The van der Waals surface area contributed by atoms with E-state index in [1.54, 1.807) is 0 Å². The molecule has 2 fully saturated rings. The van der Waals surface area contributed by atoms with Crippen molar-refractivity contribution in [3.05, 3.63) is 35.9 Å². The molecule has 0 unspecified atom stereocenters. The molecule has 0 aromatic heterocycles. The van der Waals surface area contributed by atoms with Gasteiger partial charge in [-0.2, -0.15) is 0 Å². The van der Waals surface area contributed by atoms with E-state index in [9.17, 15) is 13.2 Å². The first-order valence-electron chi connectivity index (χ1n) is 7.24. The van der Waals surface area contributed by atoms with Crippen LogP contribution in [0, 0.1) is 11.3 Å². The highest BCUT2D eigenvalue weighted by atomic mass is 32.2. The first kappa shape index (κ1) is 14.5. The second kappa shape index (κ2) is 5.10. The lowest BCUT2D eigenvalue weighted by atomic mass is 9.78. The van der Waals surface area contributed by atoms with E-state index < -0.39 is 15.4 Å². The van der Waals surface area contributed by atoms with Crippen LogP contribution >= 0.6 is 0 Å². The zero-order valence-corrected chi connectivity index (χ0v) is 12.9. The summed E-state index contributed by atoms with van der Waals surface area (Å²) in [5.74, 6) is 0.0658. The summed E-state index contributed by atoms with van der Waals surface area (Å²) in [5, 5.41) is 2.84. The molecule has 1 N–H and O–H groups in total. The maximum absolute atomic E-state index is 12.6. The number of sulfonamides is 1. The van der Waals surface area contributed by atoms with Gasteiger partial charge in [-0.3, -0.25) is 4.79 Å². The van der Waals surface area contributed by atoms with Gasteiger partial charge in [0, 0.05) is 19.6 Å². The van der Waals surface area contributed by atoms with Gasteiger partial charge in [0.25, 0.3) is 0 Å². The van der Waals surface area contributed by atoms with Gasteiger partial charge >= 0.3 is 0 Å². The van der Waals surface area contributed by atoms with Crippen LogP contribution in [0.5, 0.6) is 0 Å². The summed E-state index contributed by atoms with van der Waals surface area (Å²) in [6, 6.07) is 9.17. The first-order valence-corrected chi connectivity index (χ1v) is 8.85. The van der Waals surface area contributed by atoms with Crippen molar-refractivity contribution in [2.45, 2.75) is 19.1 Å². The van der Waals surface area contributed by atoms with Crippen LogP contribution in [0.3, 0.4) is 0 Å². The number of hydrogen-bond acceptors (Lipinski definition) is 3. The number of nitrogens with one attached hydrogen (secondary N) is 1. The standard InChI is InChI=1S/C15H20N2O3S/c1-12-9-17(11-15(12)7-8-16-14(15)18)21(19,20)10-13-5-3-2-4-6-13/h2-6,12H,7-11H2,1H3,(H,16,18)/t12-,15-/m1/s1. The van der Waals surface area contributed by atoms with Crippen LogP contribution in [0.1, 0.15) is 18.9 Å². The van der Waals surface area contributed by atoms with E-state index in [1.165, 1.54) is 4.31 Å². The quantitative estimate of drug-likeness (QED) is 0.905. The van der Waals surface area contributed by atoms with Gasteiger partial charge in [-0.15, -0.1) is 0 Å². The molecule has 0 bridgehead atoms. The van der Waals surface area contributed by atoms with Gasteiger partial charge in [0.2, 0.25) is 15.9 Å². The predicted octanol–water partition coefficient (Wildman–Crippen LogP) is 0.974. The molecule has 2 aliphatic rings. The highest BCUT2D eigenvalue weighted by molar-refractivity contribution is 7.88. The largest absolute Gasteiger partial charge is 0.356 e. The van der Waals surface area contributed by atoms with Gasteiger partial charge < -0.3 is 5.32 Å². The van der Waals surface area contributed by atoms with Gasteiger partial charge in [0.05, 0.1) is 11.2 Å². The molecule has 2 heterocycles. The van der Waals surface area contributed by atoms with E-state index in [-0.39, 0.29) is 17.6 Å². The molecule has 1 amide bonds. The lowest BCUT2D eigenvalue weighted by molar-refractivity contribution is -0.128. The lowest BCUT2D eigenvalue weighted by Gasteiger charge is -2.24. The molecule has 1 spiro atoms. The van der Waals surface area contributed by atoms with Crippen molar-refractivity contribution in [3.8, 4) is 0 Å². The third-order valence-corrected chi connectivity index (χ3v) is 6.54. The van der Waals surface area contributed by atoms with Gasteiger partial charge in [-0.1, -0.05) is 37.3 Å². The highest BCUT2D eigenvalue weighted by Gasteiger charge is 2.54.